The Morgan fingerprint density at radius 2 is 1.92 bits per heavy atom. The van der Waals surface area contributed by atoms with Gasteiger partial charge in [-0.3, -0.25) is 14.9 Å². The highest BCUT2D eigenvalue weighted by Crippen LogP contribution is 2.43. The van der Waals surface area contributed by atoms with E-state index in [9.17, 15) is 14.7 Å². The highest BCUT2D eigenvalue weighted by Gasteiger charge is 2.60. The molecule has 5 heterocycles. The molecule has 5 rings (SSSR count). The third kappa shape index (κ3) is 8.87. The van der Waals surface area contributed by atoms with Crippen LogP contribution in [0, 0.1) is 17.8 Å². The number of pyridine rings is 1. The number of nitrogens with zero attached hydrogens (tertiary/aromatic N) is 4. The first-order chi connectivity index (χ1) is 25.1. The maximum Gasteiger partial charge on any atom is 0.411 e. The SMILES string of the molecule is COC[C@H]1OC(=O)C(C)=C[C@H](C)[C@@H](O[C@H]2O[C@@H](C)C[C@@H](N(C)C)C2O)[C@@](C)(OC/C=C/c2cccnc2)C[C@@H](C)C2=NCCN3C(=O)O[C@@]1(C)[C@H]3[C@H]2C. The van der Waals surface area contributed by atoms with Crippen molar-refractivity contribution >= 4 is 23.9 Å². The van der Waals surface area contributed by atoms with Crippen LogP contribution in [0.4, 0.5) is 4.79 Å². The second-order valence-electron chi connectivity index (χ2n) is 15.9. The Morgan fingerprint density at radius 3 is 2.60 bits per heavy atom. The molecule has 12 atom stereocenters. The van der Waals surface area contributed by atoms with Crippen LogP contribution in [0.25, 0.3) is 6.08 Å². The van der Waals surface area contributed by atoms with Gasteiger partial charge in [-0.1, -0.05) is 45.1 Å². The van der Waals surface area contributed by atoms with Crippen LogP contribution in [0.5, 0.6) is 0 Å². The number of ether oxygens (including phenoxy) is 6. The number of fused-ring (bicyclic) bond motifs is 1. The number of methoxy groups -OCH3 is 1. The molecular weight excluding hydrogens is 680 g/mol. The number of carbonyl (C=O) groups is 2. The Morgan fingerprint density at radius 1 is 1.17 bits per heavy atom. The average Bonchev–Trinajstić information content (AvgIpc) is 3.23. The number of aromatic nitrogens is 1. The molecule has 2 fully saturated rings. The van der Waals surface area contributed by atoms with Gasteiger partial charge in [0, 0.05) is 55.2 Å². The number of rotatable bonds is 9. The van der Waals surface area contributed by atoms with E-state index in [0.29, 0.717) is 31.5 Å². The lowest BCUT2D eigenvalue weighted by Gasteiger charge is -2.47. The second kappa shape index (κ2) is 17.1. The smallest absolute Gasteiger partial charge is 0.411 e. The molecule has 13 heteroatoms. The van der Waals surface area contributed by atoms with Crippen LogP contribution in [-0.4, -0.2) is 139 Å². The molecule has 1 aromatic heterocycles. The minimum Gasteiger partial charge on any atom is -0.452 e. The monoisotopic (exact) mass is 740 g/mol. The van der Waals surface area contributed by atoms with Gasteiger partial charge in [0.15, 0.2) is 18.0 Å². The van der Waals surface area contributed by atoms with Crippen LogP contribution in [-0.2, 0) is 33.2 Å². The molecule has 2 saturated heterocycles. The Balaban J connectivity index is 1.61. The molecule has 294 valence electrons. The third-order valence-corrected chi connectivity index (χ3v) is 11.4. The van der Waals surface area contributed by atoms with E-state index in [2.05, 4.69) is 18.8 Å². The van der Waals surface area contributed by atoms with Crippen LogP contribution in [0.15, 0.2) is 47.2 Å². The fourth-order valence-corrected chi connectivity index (χ4v) is 8.91. The van der Waals surface area contributed by atoms with Crippen molar-refractivity contribution in [3.63, 3.8) is 0 Å². The van der Waals surface area contributed by atoms with Gasteiger partial charge < -0.3 is 38.4 Å². The van der Waals surface area contributed by atoms with Gasteiger partial charge in [-0.2, -0.15) is 0 Å². The Bertz CT molecular complexity index is 1520. The van der Waals surface area contributed by atoms with Crippen LogP contribution in [0.3, 0.4) is 0 Å². The molecule has 0 radical (unpaired) electrons. The van der Waals surface area contributed by atoms with Crippen molar-refractivity contribution in [1.82, 2.24) is 14.8 Å². The van der Waals surface area contributed by atoms with Crippen LogP contribution in [0.1, 0.15) is 66.9 Å². The number of hydrogen-bond acceptors (Lipinski definition) is 12. The quantitative estimate of drug-likeness (QED) is 0.357. The normalized spacial score (nSPS) is 38.5. The Kier molecular flexibility index (Phi) is 13.2. The molecule has 1 amide bonds. The predicted octanol–water partition coefficient (Wildman–Crippen LogP) is 4.53. The number of cyclic esters (lactones) is 1. The fourth-order valence-electron chi connectivity index (χ4n) is 8.91. The number of aliphatic imine (C=N–C) groups is 1. The molecule has 1 N–H and O–H groups in total. The third-order valence-electron chi connectivity index (χ3n) is 11.4. The first-order valence-electron chi connectivity index (χ1n) is 18.9. The zero-order valence-electron chi connectivity index (χ0n) is 33.1. The van der Waals surface area contributed by atoms with E-state index in [1.54, 1.807) is 24.2 Å². The standard InChI is InChI=1S/C40H60N4O9/c1-24-19-25(2)36(46)51-31(23-48-10)40(7)34-28(5)32(42-16-17-44(34)38(47)53-40)26(3)21-39(6,49-18-12-14-29-13-11-15-41-22-29)35(24)52-37-33(45)30(43(8)9)20-27(4)50-37/h11-15,19,22,24,26-28,30-31,33-35,37,45H,16-18,20-21,23H2,1-10H3/b14-12+,25-19?/t24-,26+,27-,28-,30+,31+,33?,34+,35+,37+,39-,40+/m0/s1. The van der Waals surface area contributed by atoms with Gasteiger partial charge >= 0.3 is 12.1 Å². The molecule has 53 heavy (non-hydrogen) atoms. The lowest BCUT2D eigenvalue weighted by molar-refractivity contribution is -0.295. The molecule has 0 spiro atoms. The van der Waals surface area contributed by atoms with E-state index in [-0.39, 0.29) is 37.2 Å². The molecular formula is C40H60N4O9. The number of likely N-dealkylation sites (N-methyl/N-ethyl adjacent to an activating group) is 1. The first kappa shape index (κ1) is 41.0. The van der Waals surface area contributed by atoms with E-state index in [0.717, 1.165) is 11.3 Å². The highest BCUT2D eigenvalue weighted by molar-refractivity contribution is 5.91. The summed E-state index contributed by atoms with van der Waals surface area (Å²) in [6, 6.07) is 3.18. The summed E-state index contributed by atoms with van der Waals surface area (Å²) in [5.74, 6) is -1.39. The number of amides is 1. The van der Waals surface area contributed by atoms with E-state index in [1.807, 2.05) is 77.1 Å². The summed E-state index contributed by atoms with van der Waals surface area (Å²) in [4.78, 5) is 40.4. The topological polar surface area (TPSA) is 141 Å². The average molecular weight is 741 g/mol. The first-order valence-corrected chi connectivity index (χ1v) is 18.9. The Labute approximate surface area is 314 Å². The number of aliphatic hydroxyl groups is 1. The minimum absolute atomic E-state index is 0.0315. The molecule has 2 bridgehead atoms. The summed E-state index contributed by atoms with van der Waals surface area (Å²) < 4.78 is 38.0. The number of hydrogen-bond donors (Lipinski definition) is 1. The van der Waals surface area contributed by atoms with Gasteiger partial charge in [0.2, 0.25) is 0 Å². The second-order valence-corrected chi connectivity index (χ2v) is 15.9. The number of esters is 1. The van der Waals surface area contributed by atoms with E-state index in [4.69, 9.17) is 33.4 Å². The summed E-state index contributed by atoms with van der Waals surface area (Å²) in [7, 11) is 5.41. The van der Waals surface area contributed by atoms with Gasteiger partial charge in [-0.05, 0) is 72.2 Å². The molecule has 0 saturated carbocycles. The summed E-state index contributed by atoms with van der Waals surface area (Å²) in [6.07, 6.45) is 6.23. The summed E-state index contributed by atoms with van der Waals surface area (Å²) in [5.41, 5.74) is -0.00832. The van der Waals surface area contributed by atoms with Gasteiger partial charge in [-0.15, -0.1) is 0 Å². The molecule has 4 aliphatic heterocycles. The van der Waals surface area contributed by atoms with Gasteiger partial charge in [0.25, 0.3) is 0 Å². The van der Waals surface area contributed by atoms with Gasteiger partial charge in [-0.25, -0.2) is 9.59 Å². The maximum atomic E-state index is 13.9. The molecule has 1 aromatic rings. The van der Waals surface area contributed by atoms with Crippen molar-refractivity contribution < 1.29 is 43.1 Å². The fraction of sp³-hybridized carbons (Fsp3) is 0.700. The van der Waals surface area contributed by atoms with Crippen molar-refractivity contribution in [3.05, 3.63) is 47.8 Å². The van der Waals surface area contributed by atoms with E-state index in [1.165, 1.54) is 7.11 Å². The number of aliphatic hydroxyl groups excluding tert-OH is 1. The van der Waals surface area contributed by atoms with Crippen LogP contribution < -0.4 is 0 Å². The van der Waals surface area contributed by atoms with Crippen LogP contribution >= 0.6 is 0 Å². The summed E-state index contributed by atoms with van der Waals surface area (Å²) >= 11 is 0. The van der Waals surface area contributed by atoms with Crippen molar-refractivity contribution in [3.8, 4) is 0 Å². The Hall–Kier alpha value is -3.20. The van der Waals surface area contributed by atoms with Gasteiger partial charge in [0.1, 0.15) is 6.10 Å². The van der Waals surface area contributed by atoms with Crippen molar-refractivity contribution in [1.29, 1.82) is 0 Å². The van der Waals surface area contributed by atoms with Crippen molar-refractivity contribution in [2.75, 3.05) is 47.5 Å². The lowest BCUT2D eigenvalue weighted by atomic mass is 9.74. The lowest BCUT2D eigenvalue weighted by Crippen LogP contribution is -2.59. The summed E-state index contributed by atoms with van der Waals surface area (Å²) in [5, 5.41) is 11.6. The van der Waals surface area contributed by atoms with Crippen LogP contribution in [0.2, 0.25) is 0 Å². The number of carbonyl (C=O) groups excluding carboxylic acids is 2. The zero-order chi connectivity index (χ0) is 38.7. The van der Waals surface area contributed by atoms with E-state index < -0.39 is 59.8 Å². The van der Waals surface area contributed by atoms with Gasteiger partial charge in [0.05, 0.1) is 43.6 Å². The van der Waals surface area contributed by atoms with E-state index >= 15 is 0 Å². The zero-order valence-corrected chi connectivity index (χ0v) is 33.1. The minimum atomic E-state index is -1.21. The van der Waals surface area contributed by atoms with Crippen molar-refractivity contribution in [2.24, 2.45) is 22.7 Å². The summed E-state index contributed by atoms with van der Waals surface area (Å²) in [6.45, 7) is 14.7. The molecule has 0 aromatic carbocycles. The maximum absolute atomic E-state index is 13.9. The highest BCUT2D eigenvalue weighted by atomic mass is 16.7. The van der Waals surface area contributed by atoms with Crippen molar-refractivity contribution in [2.45, 2.75) is 115 Å². The molecule has 4 aliphatic rings. The molecule has 13 nitrogen and oxygen atoms in total. The molecule has 0 aliphatic carbocycles. The molecule has 1 unspecified atom stereocenters. The largest absolute Gasteiger partial charge is 0.452 e. The predicted molar refractivity (Wildman–Crippen MR) is 200 cm³/mol.